The Morgan fingerprint density at radius 3 is 1.44 bits per heavy atom. The van der Waals surface area contributed by atoms with Crippen LogP contribution in [0.5, 0.6) is 0 Å². The maximum atomic E-state index is 3.63. The van der Waals surface area contributed by atoms with E-state index in [-0.39, 0.29) is 16.2 Å². The van der Waals surface area contributed by atoms with Gasteiger partial charge in [-0.2, -0.15) is 0 Å². The number of hydrogen-bond acceptors (Lipinski definition) is 0. The minimum Gasteiger partial charge on any atom is -0.0973 e. The largest absolute Gasteiger partial charge is 0.0973 e. The maximum Gasteiger partial charge on any atom is 0.0786 e. The molecule has 1 rings (SSSR count). The van der Waals surface area contributed by atoms with Gasteiger partial charge in [-0.1, -0.05) is 99.5 Å². The summed E-state index contributed by atoms with van der Waals surface area (Å²) in [6.45, 7) is 28.1. The highest BCUT2D eigenvalue weighted by Gasteiger charge is 2.28. The van der Waals surface area contributed by atoms with E-state index in [2.05, 4.69) is 105 Å². The van der Waals surface area contributed by atoms with Crippen molar-refractivity contribution in [3.05, 3.63) is 34.5 Å². The molecular weight excluding hydrogens is 335 g/mol. The highest BCUT2D eigenvalue weighted by Crippen LogP contribution is 2.35. The molecule has 2 heteroatoms. The summed E-state index contributed by atoms with van der Waals surface area (Å²) in [5.74, 6) is 0. The first-order valence-corrected chi connectivity index (χ1v) is 13.9. The van der Waals surface area contributed by atoms with Crippen LogP contribution in [0.4, 0.5) is 0 Å². The van der Waals surface area contributed by atoms with Crippen LogP contribution >= 0.6 is 8.20 Å². The van der Waals surface area contributed by atoms with Gasteiger partial charge < -0.3 is 0 Å². The second-order valence-corrected chi connectivity index (χ2v) is 17.4. The molecule has 0 N–H and O–H groups in total. The molecule has 0 radical (unpaired) electrons. The SMILES string of the molecule is CC(C)(C)c1cc(C(C)(C)C)c(P=C=C[Si](C)(C)C)c(C(C)(C)C)c1. The first-order valence-electron chi connectivity index (χ1n) is 9.43. The Morgan fingerprint density at radius 2 is 1.16 bits per heavy atom. The van der Waals surface area contributed by atoms with Crippen LogP contribution < -0.4 is 5.30 Å². The van der Waals surface area contributed by atoms with Crippen LogP contribution in [0.15, 0.2) is 17.8 Å². The van der Waals surface area contributed by atoms with E-state index < -0.39 is 8.07 Å². The van der Waals surface area contributed by atoms with E-state index in [1.807, 2.05) is 0 Å². The lowest BCUT2D eigenvalue weighted by atomic mass is 9.75. The first kappa shape index (κ1) is 22.4. The van der Waals surface area contributed by atoms with E-state index in [0.29, 0.717) is 0 Å². The summed E-state index contributed by atoms with van der Waals surface area (Å²) >= 11 is 0. The van der Waals surface area contributed by atoms with Gasteiger partial charge in [0.25, 0.3) is 0 Å². The fourth-order valence-electron chi connectivity index (χ4n) is 2.62. The van der Waals surface area contributed by atoms with Crippen LogP contribution in [0.1, 0.15) is 79.0 Å². The van der Waals surface area contributed by atoms with Crippen molar-refractivity contribution < 1.29 is 0 Å². The zero-order valence-corrected chi connectivity index (χ0v) is 20.6. The van der Waals surface area contributed by atoms with Crippen LogP contribution in [0.25, 0.3) is 0 Å². The smallest absolute Gasteiger partial charge is 0.0786 e. The zero-order valence-electron chi connectivity index (χ0n) is 18.7. The molecule has 0 bridgehead atoms. The van der Waals surface area contributed by atoms with Crippen molar-refractivity contribution in [2.75, 3.05) is 0 Å². The van der Waals surface area contributed by atoms with Crippen molar-refractivity contribution >= 4 is 27.0 Å². The van der Waals surface area contributed by atoms with Crippen LogP contribution in [0.2, 0.25) is 19.6 Å². The van der Waals surface area contributed by atoms with Crippen LogP contribution in [-0.4, -0.2) is 13.5 Å². The standard InChI is InChI=1S/C23H39PSi/c1-21(2,3)17-15-18(22(4,5)6)20(19(16-17)23(7,8)9)24-13-14-25(10,11)12/h14-16H,1-12H3. The average molecular weight is 375 g/mol. The molecule has 0 fully saturated rings. The van der Waals surface area contributed by atoms with E-state index in [4.69, 9.17) is 0 Å². The van der Waals surface area contributed by atoms with Crippen molar-refractivity contribution in [1.82, 2.24) is 0 Å². The molecular formula is C23H39PSi. The van der Waals surface area contributed by atoms with Gasteiger partial charge in [-0.3, -0.25) is 0 Å². The second-order valence-electron chi connectivity index (χ2n) is 11.4. The molecule has 0 aliphatic heterocycles. The lowest BCUT2D eigenvalue weighted by Gasteiger charge is -2.32. The lowest BCUT2D eigenvalue weighted by molar-refractivity contribution is 0.554. The third kappa shape index (κ3) is 6.56. The van der Waals surface area contributed by atoms with Gasteiger partial charge >= 0.3 is 0 Å². The van der Waals surface area contributed by atoms with E-state index in [9.17, 15) is 0 Å². The van der Waals surface area contributed by atoms with Gasteiger partial charge in [-0.25, -0.2) is 0 Å². The summed E-state index contributed by atoms with van der Waals surface area (Å²) in [4.78, 5) is 0. The molecule has 0 aromatic heterocycles. The first-order chi connectivity index (χ1) is 10.9. The third-order valence-electron chi connectivity index (χ3n) is 4.27. The van der Waals surface area contributed by atoms with Gasteiger partial charge in [0.2, 0.25) is 0 Å². The highest BCUT2D eigenvalue weighted by molar-refractivity contribution is 7.47. The molecule has 140 valence electrons. The minimum absolute atomic E-state index is 0.129. The quantitative estimate of drug-likeness (QED) is 0.387. The predicted molar refractivity (Wildman–Crippen MR) is 122 cm³/mol. The normalized spacial score (nSPS) is 13.8. The molecule has 0 saturated heterocycles. The fourth-order valence-corrected chi connectivity index (χ4v) is 5.60. The lowest BCUT2D eigenvalue weighted by Crippen LogP contribution is -2.29. The molecule has 1 aromatic rings. The minimum atomic E-state index is -1.22. The van der Waals surface area contributed by atoms with Crippen LogP contribution in [-0.2, 0) is 16.2 Å². The molecule has 0 spiro atoms. The summed E-state index contributed by atoms with van der Waals surface area (Å²) in [7, 11) is -0.00423. The van der Waals surface area contributed by atoms with E-state index in [1.165, 1.54) is 30.2 Å². The Bertz CT molecular complexity index is 642. The number of hydrogen-bond donors (Lipinski definition) is 0. The molecule has 0 aliphatic rings. The van der Waals surface area contributed by atoms with Gasteiger partial charge in [-0.15, -0.1) is 0 Å². The van der Waals surface area contributed by atoms with Gasteiger partial charge in [0.05, 0.1) is 8.07 Å². The number of rotatable bonds is 2. The predicted octanol–water partition coefficient (Wildman–Crippen LogP) is 6.99. The maximum absolute atomic E-state index is 3.63. The summed E-state index contributed by atoms with van der Waals surface area (Å²) < 4.78 is 0. The summed E-state index contributed by atoms with van der Waals surface area (Å²) in [6.07, 6.45) is 0. The molecule has 1 aromatic carbocycles. The molecule has 25 heavy (non-hydrogen) atoms. The molecule has 0 heterocycles. The van der Waals surface area contributed by atoms with Crippen molar-refractivity contribution in [1.29, 1.82) is 0 Å². The summed E-state index contributed by atoms with van der Waals surface area (Å²) in [6, 6.07) is 4.90. The van der Waals surface area contributed by atoms with Crippen molar-refractivity contribution in [3.63, 3.8) is 0 Å². The molecule has 0 amide bonds. The molecule has 0 saturated carbocycles. The molecule has 0 unspecified atom stereocenters. The van der Waals surface area contributed by atoms with E-state index >= 15 is 0 Å². The summed E-state index contributed by atoms with van der Waals surface area (Å²) in [5, 5.41) is 1.46. The Kier molecular flexibility index (Phi) is 6.45. The second kappa shape index (κ2) is 7.19. The van der Waals surface area contributed by atoms with Gasteiger partial charge in [0, 0.05) is 5.30 Å². The Labute approximate surface area is 159 Å². The van der Waals surface area contributed by atoms with Crippen LogP contribution in [0, 0.1) is 0 Å². The monoisotopic (exact) mass is 374 g/mol. The molecule has 0 atom stereocenters. The Hall–Kier alpha value is -0.613. The summed E-state index contributed by atoms with van der Waals surface area (Å²) in [5.41, 5.74) is 10.8. The average Bonchev–Trinajstić information content (AvgIpc) is 2.33. The highest BCUT2D eigenvalue weighted by atomic mass is 31.1. The van der Waals surface area contributed by atoms with Crippen molar-refractivity contribution in [2.45, 2.75) is 98.2 Å². The molecule has 0 aliphatic carbocycles. The topological polar surface area (TPSA) is 0 Å². The number of benzene rings is 1. The van der Waals surface area contributed by atoms with Gasteiger partial charge in [0.15, 0.2) is 0 Å². The Balaban J connectivity index is 3.86. The van der Waals surface area contributed by atoms with E-state index in [0.717, 1.165) is 0 Å². The zero-order chi connectivity index (χ0) is 19.8. The Morgan fingerprint density at radius 1 is 0.760 bits per heavy atom. The van der Waals surface area contributed by atoms with Gasteiger partial charge in [0.1, 0.15) is 0 Å². The fraction of sp³-hybridized carbons (Fsp3) is 0.652. The van der Waals surface area contributed by atoms with Crippen molar-refractivity contribution in [3.8, 4) is 0 Å². The molecule has 0 nitrogen and oxygen atoms in total. The van der Waals surface area contributed by atoms with E-state index in [1.54, 1.807) is 0 Å². The third-order valence-corrected chi connectivity index (χ3v) is 6.48. The van der Waals surface area contributed by atoms with Crippen LogP contribution in [0.3, 0.4) is 0 Å². The van der Waals surface area contributed by atoms with Crippen molar-refractivity contribution in [2.24, 2.45) is 0 Å². The van der Waals surface area contributed by atoms with Gasteiger partial charge in [-0.05, 0) is 46.8 Å².